The molecule has 0 aliphatic carbocycles. The molecule has 0 aliphatic rings. The highest BCUT2D eigenvalue weighted by molar-refractivity contribution is 5.53. The van der Waals surface area contributed by atoms with Gasteiger partial charge in [-0.15, -0.1) is 0 Å². The topological polar surface area (TPSA) is 70.5 Å². The first-order valence-electron chi connectivity index (χ1n) is 10.9. The SMILES string of the molecule is CC(C)(c1ccc(Oc2cccc(N)c2)cc1)c1ccc(Oc2ccc(N)c(C(F)(F)F)c2)cc1. The summed E-state index contributed by atoms with van der Waals surface area (Å²) in [4.78, 5) is 0. The molecule has 4 aromatic carbocycles. The number of hydrogen-bond acceptors (Lipinski definition) is 4. The van der Waals surface area contributed by atoms with Crippen LogP contribution in [0.3, 0.4) is 0 Å². The average molecular weight is 479 g/mol. The number of alkyl halides is 3. The van der Waals surface area contributed by atoms with Crippen LogP contribution >= 0.6 is 0 Å². The molecule has 0 radical (unpaired) electrons. The number of ether oxygens (including phenoxy) is 2. The smallest absolute Gasteiger partial charge is 0.418 e. The van der Waals surface area contributed by atoms with Crippen molar-refractivity contribution in [2.45, 2.75) is 25.4 Å². The largest absolute Gasteiger partial charge is 0.457 e. The number of rotatable bonds is 6. The number of nitrogens with two attached hydrogens (primary N) is 2. The molecule has 4 nitrogen and oxygen atoms in total. The first kappa shape index (κ1) is 24.0. The molecule has 0 saturated heterocycles. The van der Waals surface area contributed by atoms with Gasteiger partial charge in [0.15, 0.2) is 0 Å². The first-order chi connectivity index (χ1) is 16.5. The predicted octanol–water partition coefficient (Wildman–Crippen LogP) is 7.78. The standard InChI is InChI=1S/C28H25F3N2O2/c1-27(2,18-6-10-21(11-7-18)34-23-5-3-4-20(32)16-23)19-8-12-22(13-9-19)35-24-14-15-26(33)25(17-24)28(29,30)31/h3-17H,32-33H2,1-2H3. The van der Waals surface area contributed by atoms with Crippen molar-refractivity contribution in [1.82, 2.24) is 0 Å². The summed E-state index contributed by atoms with van der Waals surface area (Å²) in [6, 6.07) is 25.8. The lowest BCUT2D eigenvalue weighted by Crippen LogP contribution is -2.18. The molecule has 180 valence electrons. The summed E-state index contributed by atoms with van der Waals surface area (Å²) in [5.41, 5.74) is 12.4. The maximum atomic E-state index is 13.1. The molecule has 0 spiro atoms. The molecule has 35 heavy (non-hydrogen) atoms. The third-order valence-electron chi connectivity index (χ3n) is 5.81. The minimum absolute atomic E-state index is 0.0642. The van der Waals surface area contributed by atoms with Gasteiger partial charge in [0, 0.05) is 22.9 Å². The predicted molar refractivity (Wildman–Crippen MR) is 132 cm³/mol. The van der Waals surface area contributed by atoms with E-state index < -0.39 is 11.7 Å². The fourth-order valence-corrected chi connectivity index (χ4v) is 3.74. The van der Waals surface area contributed by atoms with E-state index in [9.17, 15) is 13.2 Å². The maximum Gasteiger partial charge on any atom is 0.418 e. The van der Waals surface area contributed by atoms with Gasteiger partial charge in [-0.3, -0.25) is 0 Å². The van der Waals surface area contributed by atoms with E-state index in [1.807, 2.05) is 48.5 Å². The van der Waals surface area contributed by atoms with E-state index >= 15 is 0 Å². The molecule has 0 amide bonds. The molecule has 4 rings (SSSR count). The Hall–Kier alpha value is -4.13. The summed E-state index contributed by atoms with van der Waals surface area (Å²) in [6.45, 7) is 4.18. The molecule has 0 bridgehead atoms. The van der Waals surface area contributed by atoms with E-state index in [-0.39, 0.29) is 16.9 Å². The highest BCUT2D eigenvalue weighted by Crippen LogP contribution is 2.38. The van der Waals surface area contributed by atoms with Crippen LogP contribution in [0, 0.1) is 0 Å². The summed E-state index contributed by atoms with van der Waals surface area (Å²) in [5, 5.41) is 0. The molecule has 0 aromatic heterocycles. The molecule has 7 heteroatoms. The second-order valence-electron chi connectivity index (χ2n) is 8.70. The fourth-order valence-electron chi connectivity index (χ4n) is 3.74. The molecular weight excluding hydrogens is 453 g/mol. The molecule has 0 aliphatic heterocycles. The number of halogens is 3. The van der Waals surface area contributed by atoms with Crippen molar-refractivity contribution < 1.29 is 22.6 Å². The van der Waals surface area contributed by atoms with Gasteiger partial charge in [-0.1, -0.05) is 44.2 Å². The number of nitrogen functional groups attached to an aromatic ring is 2. The van der Waals surface area contributed by atoms with Crippen molar-refractivity contribution in [3.63, 3.8) is 0 Å². The molecular formula is C28H25F3N2O2. The molecule has 0 unspecified atom stereocenters. The Labute approximate surface area is 201 Å². The Morgan fingerprint density at radius 2 is 1.09 bits per heavy atom. The molecule has 0 saturated carbocycles. The van der Waals surface area contributed by atoms with Crippen LogP contribution in [0.15, 0.2) is 91.0 Å². The molecule has 0 heterocycles. The van der Waals surface area contributed by atoms with E-state index in [1.54, 1.807) is 24.3 Å². The van der Waals surface area contributed by atoms with Crippen LogP contribution in [0.2, 0.25) is 0 Å². The van der Waals surface area contributed by atoms with Crippen LogP contribution in [0.5, 0.6) is 23.0 Å². The zero-order valence-corrected chi connectivity index (χ0v) is 19.3. The minimum atomic E-state index is -4.55. The minimum Gasteiger partial charge on any atom is -0.457 e. The third kappa shape index (κ3) is 5.51. The van der Waals surface area contributed by atoms with E-state index in [2.05, 4.69) is 13.8 Å². The fraction of sp³-hybridized carbons (Fsp3) is 0.143. The van der Waals surface area contributed by atoms with E-state index in [1.165, 1.54) is 12.1 Å². The average Bonchev–Trinajstić information content (AvgIpc) is 2.80. The highest BCUT2D eigenvalue weighted by Gasteiger charge is 2.33. The maximum absolute atomic E-state index is 13.1. The van der Waals surface area contributed by atoms with Crippen LogP contribution in [-0.4, -0.2) is 0 Å². The van der Waals surface area contributed by atoms with Crippen molar-refractivity contribution in [3.8, 4) is 23.0 Å². The third-order valence-corrected chi connectivity index (χ3v) is 5.81. The van der Waals surface area contributed by atoms with Crippen LogP contribution < -0.4 is 20.9 Å². The van der Waals surface area contributed by atoms with Gasteiger partial charge in [-0.05, 0) is 65.7 Å². The van der Waals surface area contributed by atoms with Crippen molar-refractivity contribution in [2.75, 3.05) is 11.5 Å². The lowest BCUT2D eigenvalue weighted by Gasteiger charge is -2.26. The lowest BCUT2D eigenvalue weighted by atomic mass is 9.78. The number of benzene rings is 4. The van der Waals surface area contributed by atoms with E-state index in [4.69, 9.17) is 20.9 Å². The number of anilines is 2. The van der Waals surface area contributed by atoms with Gasteiger partial charge in [-0.25, -0.2) is 0 Å². The Kier molecular flexibility index (Phi) is 6.35. The number of hydrogen-bond donors (Lipinski definition) is 2. The van der Waals surface area contributed by atoms with Crippen LogP contribution in [0.1, 0.15) is 30.5 Å². The Morgan fingerprint density at radius 3 is 1.57 bits per heavy atom. The van der Waals surface area contributed by atoms with Crippen molar-refractivity contribution in [2.24, 2.45) is 0 Å². The van der Waals surface area contributed by atoms with Gasteiger partial charge >= 0.3 is 6.18 Å². The van der Waals surface area contributed by atoms with E-state index in [0.29, 0.717) is 22.9 Å². The Bertz CT molecular complexity index is 1320. The van der Waals surface area contributed by atoms with Crippen LogP contribution in [-0.2, 0) is 11.6 Å². The molecule has 4 N–H and O–H groups in total. The zero-order valence-electron chi connectivity index (χ0n) is 19.3. The quantitative estimate of drug-likeness (QED) is 0.278. The molecule has 0 fully saturated rings. The normalized spacial score (nSPS) is 11.8. The summed E-state index contributed by atoms with van der Waals surface area (Å²) in [6.07, 6.45) is -4.55. The van der Waals surface area contributed by atoms with Gasteiger partial charge < -0.3 is 20.9 Å². The zero-order chi connectivity index (χ0) is 25.2. The monoisotopic (exact) mass is 478 g/mol. The first-order valence-corrected chi connectivity index (χ1v) is 10.9. The van der Waals surface area contributed by atoms with Gasteiger partial charge in [0.05, 0.1) is 5.56 Å². The second-order valence-corrected chi connectivity index (χ2v) is 8.70. The van der Waals surface area contributed by atoms with Gasteiger partial charge in [0.1, 0.15) is 23.0 Å². The molecule has 4 aromatic rings. The van der Waals surface area contributed by atoms with Crippen molar-refractivity contribution >= 4 is 11.4 Å². The van der Waals surface area contributed by atoms with E-state index in [0.717, 1.165) is 17.2 Å². The highest BCUT2D eigenvalue weighted by atomic mass is 19.4. The summed E-state index contributed by atoms with van der Waals surface area (Å²) in [7, 11) is 0. The lowest BCUT2D eigenvalue weighted by molar-refractivity contribution is -0.137. The van der Waals surface area contributed by atoms with Gasteiger partial charge in [0.25, 0.3) is 0 Å². The second kappa shape index (κ2) is 9.25. The summed E-state index contributed by atoms with van der Waals surface area (Å²) < 4.78 is 50.9. The van der Waals surface area contributed by atoms with Gasteiger partial charge in [-0.2, -0.15) is 13.2 Å². The van der Waals surface area contributed by atoms with Crippen LogP contribution in [0.4, 0.5) is 24.5 Å². The summed E-state index contributed by atoms with van der Waals surface area (Å²) in [5.74, 6) is 1.85. The molecule has 0 atom stereocenters. The van der Waals surface area contributed by atoms with Crippen molar-refractivity contribution in [1.29, 1.82) is 0 Å². The summed E-state index contributed by atoms with van der Waals surface area (Å²) >= 11 is 0. The van der Waals surface area contributed by atoms with Crippen LogP contribution in [0.25, 0.3) is 0 Å². The van der Waals surface area contributed by atoms with Crippen molar-refractivity contribution in [3.05, 3.63) is 108 Å². The Morgan fingerprint density at radius 1 is 0.600 bits per heavy atom. The van der Waals surface area contributed by atoms with Gasteiger partial charge in [0.2, 0.25) is 0 Å². The Balaban J connectivity index is 1.48.